The van der Waals surface area contributed by atoms with Gasteiger partial charge < -0.3 is 4.74 Å². The molecule has 0 aliphatic heterocycles. The summed E-state index contributed by atoms with van der Waals surface area (Å²) in [5.41, 5.74) is 3.61. The standard InChI is InChI=1S/C27H37NO/c1-3-5-7-22-8-13-24(14-9-22)25-15-17-26(28-21-25)16-10-23-11-18-27(19-12-23)29-20-6-4-2/h10-12,15-19,21-22,24H,3-9,13-14,20H2,1-2H3. The first kappa shape index (κ1) is 21.6. The Morgan fingerprint density at radius 1 is 0.897 bits per heavy atom. The fourth-order valence-corrected chi connectivity index (χ4v) is 4.23. The highest BCUT2D eigenvalue weighted by atomic mass is 16.5. The first-order chi connectivity index (χ1) is 14.3. The molecule has 1 aliphatic rings. The van der Waals surface area contributed by atoms with E-state index >= 15 is 0 Å². The van der Waals surface area contributed by atoms with Crippen molar-refractivity contribution in [1.82, 2.24) is 4.98 Å². The van der Waals surface area contributed by atoms with Crippen molar-refractivity contribution >= 4 is 12.2 Å². The second kappa shape index (κ2) is 11.8. The van der Waals surface area contributed by atoms with Gasteiger partial charge in [-0.1, -0.05) is 63.8 Å². The summed E-state index contributed by atoms with van der Waals surface area (Å²) >= 11 is 0. The Hall–Kier alpha value is -2.09. The van der Waals surface area contributed by atoms with Crippen LogP contribution in [0.2, 0.25) is 0 Å². The van der Waals surface area contributed by atoms with E-state index in [0.29, 0.717) is 5.92 Å². The van der Waals surface area contributed by atoms with Gasteiger partial charge >= 0.3 is 0 Å². The van der Waals surface area contributed by atoms with Crippen LogP contribution in [0.1, 0.15) is 94.4 Å². The molecule has 0 bridgehead atoms. The first-order valence-corrected chi connectivity index (χ1v) is 11.7. The average Bonchev–Trinajstić information content (AvgIpc) is 2.78. The Morgan fingerprint density at radius 2 is 1.66 bits per heavy atom. The van der Waals surface area contributed by atoms with Gasteiger partial charge in [-0.15, -0.1) is 0 Å². The fourth-order valence-electron chi connectivity index (χ4n) is 4.23. The molecular weight excluding hydrogens is 354 g/mol. The van der Waals surface area contributed by atoms with Gasteiger partial charge in [-0.3, -0.25) is 4.98 Å². The Balaban J connectivity index is 1.49. The molecule has 1 saturated carbocycles. The van der Waals surface area contributed by atoms with Gasteiger partial charge in [0.2, 0.25) is 0 Å². The molecule has 0 unspecified atom stereocenters. The van der Waals surface area contributed by atoms with Crippen molar-refractivity contribution in [1.29, 1.82) is 0 Å². The maximum absolute atomic E-state index is 5.72. The summed E-state index contributed by atoms with van der Waals surface area (Å²) in [6, 6.07) is 12.7. The zero-order valence-corrected chi connectivity index (χ0v) is 18.3. The molecule has 1 aromatic heterocycles. The van der Waals surface area contributed by atoms with Crippen LogP contribution in [0, 0.1) is 5.92 Å². The van der Waals surface area contributed by atoms with Crippen molar-refractivity contribution < 1.29 is 4.74 Å². The third kappa shape index (κ3) is 7.03. The summed E-state index contributed by atoms with van der Waals surface area (Å²) in [5, 5.41) is 0. The van der Waals surface area contributed by atoms with Gasteiger partial charge in [0.25, 0.3) is 0 Å². The Bertz CT molecular complexity index is 724. The quantitative estimate of drug-likeness (QED) is 0.384. The Labute approximate surface area is 177 Å². The lowest BCUT2D eigenvalue weighted by Gasteiger charge is -2.28. The smallest absolute Gasteiger partial charge is 0.119 e. The molecule has 1 heterocycles. The molecule has 1 fully saturated rings. The predicted octanol–water partition coefficient (Wildman–Crippen LogP) is 7.89. The topological polar surface area (TPSA) is 22.1 Å². The largest absolute Gasteiger partial charge is 0.494 e. The lowest BCUT2D eigenvalue weighted by molar-refractivity contribution is 0.304. The molecule has 2 heteroatoms. The molecular formula is C27H37NO. The van der Waals surface area contributed by atoms with Crippen LogP contribution in [-0.2, 0) is 0 Å². The highest BCUT2D eigenvalue weighted by molar-refractivity contribution is 5.68. The van der Waals surface area contributed by atoms with Crippen LogP contribution in [0.4, 0.5) is 0 Å². The van der Waals surface area contributed by atoms with E-state index in [1.165, 1.54) is 56.1 Å². The average molecular weight is 392 g/mol. The van der Waals surface area contributed by atoms with E-state index in [0.717, 1.165) is 36.8 Å². The third-order valence-corrected chi connectivity index (χ3v) is 6.19. The number of hydrogen-bond acceptors (Lipinski definition) is 2. The molecule has 156 valence electrons. The summed E-state index contributed by atoms with van der Waals surface area (Å²) in [5.74, 6) is 2.62. The summed E-state index contributed by atoms with van der Waals surface area (Å²) < 4.78 is 5.72. The molecule has 0 N–H and O–H groups in total. The second-order valence-electron chi connectivity index (χ2n) is 8.48. The molecule has 1 aliphatic carbocycles. The zero-order valence-electron chi connectivity index (χ0n) is 18.3. The minimum Gasteiger partial charge on any atom is -0.494 e. The lowest BCUT2D eigenvalue weighted by atomic mass is 9.77. The van der Waals surface area contributed by atoms with Gasteiger partial charge in [-0.2, -0.15) is 0 Å². The van der Waals surface area contributed by atoms with Crippen LogP contribution in [0.15, 0.2) is 42.6 Å². The molecule has 0 radical (unpaired) electrons. The van der Waals surface area contributed by atoms with E-state index in [2.05, 4.69) is 56.5 Å². The number of ether oxygens (including phenoxy) is 1. The number of nitrogens with zero attached hydrogens (tertiary/aromatic N) is 1. The summed E-state index contributed by atoms with van der Waals surface area (Å²) in [6.07, 6.45) is 18.2. The number of unbranched alkanes of at least 4 members (excludes halogenated alkanes) is 2. The lowest BCUT2D eigenvalue weighted by Crippen LogP contribution is -2.13. The van der Waals surface area contributed by atoms with Gasteiger partial charge in [0.15, 0.2) is 0 Å². The van der Waals surface area contributed by atoms with Gasteiger partial charge in [0.05, 0.1) is 12.3 Å². The molecule has 29 heavy (non-hydrogen) atoms. The van der Waals surface area contributed by atoms with E-state index in [4.69, 9.17) is 9.72 Å². The predicted molar refractivity (Wildman–Crippen MR) is 124 cm³/mol. The maximum Gasteiger partial charge on any atom is 0.119 e. The minimum absolute atomic E-state index is 0.707. The number of aromatic nitrogens is 1. The van der Waals surface area contributed by atoms with E-state index in [1.807, 2.05) is 12.1 Å². The van der Waals surface area contributed by atoms with E-state index in [1.54, 1.807) is 0 Å². The van der Waals surface area contributed by atoms with Crippen molar-refractivity contribution in [3.63, 3.8) is 0 Å². The van der Waals surface area contributed by atoms with Crippen LogP contribution in [0.25, 0.3) is 12.2 Å². The molecule has 1 aromatic carbocycles. The van der Waals surface area contributed by atoms with Crippen LogP contribution in [-0.4, -0.2) is 11.6 Å². The number of benzene rings is 1. The van der Waals surface area contributed by atoms with E-state index in [-0.39, 0.29) is 0 Å². The van der Waals surface area contributed by atoms with Gasteiger partial charge in [0, 0.05) is 6.20 Å². The van der Waals surface area contributed by atoms with Crippen molar-refractivity contribution in [2.45, 2.75) is 77.6 Å². The van der Waals surface area contributed by atoms with Crippen LogP contribution >= 0.6 is 0 Å². The van der Waals surface area contributed by atoms with Gasteiger partial charge in [0.1, 0.15) is 5.75 Å². The van der Waals surface area contributed by atoms with Crippen LogP contribution in [0.3, 0.4) is 0 Å². The van der Waals surface area contributed by atoms with Crippen molar-refractivity contribution in [3.8, 4) is 5.75 Å². The second-order valence-corrected chi connectivity index (χ2v) is 8.48. The Morgan fingerprint density at radius 3 is 2.31 bits per heavy atom. The molecule has 0 atom stereocenters. The minimum atomic E-state index is 0.707. The summed E-state index contributed by atoms with van der Waals surface area (Å²) in [4.78, 5) is 4.69. The van der Waals surface area contributed by atoms with Gasteiger partial charge in [-0.25, -0.2) is 0 Å². The normalized spacial score (nSPS) is 19.5. The first-order valence-electron chi connectivity index (χ1n) is 11.7. The molecule has 3 rings (SSSR count). The monoisotopic (exact) mass is 391 g/mol. The van der Waals surface area contributed by atoms with E-state index in [9.17, 15) is 0 Å². The highest BCUT2D eigenvalue weighted by Crippen LogP contribution is 2.37. The number of pyridine rings is 1. The molecule has 2 nitrogen and oxygen atoms in total. The Kier molecular flexibility index (Phi) is 8.80. The number of rotatable bonds is 10. The molecule has 0 spiro atoms. The third-order valence-electron chi connectivity index (χ3n) is 6.19. The molecule has 2 aromatic rings. The molecule has 0 amide bonds. The van der Waals surface area contributed by atoms with Gasteiger partial charge in [-0.05, 0) is 79.3 Å². The fraction of sp³-hybridized carbons (Fsp3) is 0.519. The summed E-state index contributed by atoms with van der Waals surface area (Å²) in [6.45, 7) is 5.27. The SMILES string of the molecule is CCCCOc1ccc(C=Cc2ccc(C3CCC(CCCC)CC3)cn2)cc1. The highest BCUT2D eigenvalue weighted by Gasteiger charge is 2.22. The van der Waals surface area contributed by atoms with Crippen molar-refractivity contribution in [2.24, 2.45) is 5.92 Å². The van der Waals surface area contributed by atoms with Crippen molar-refractivity contribution in [2.75, 3.05) is 6.61 Å². The molecule has 0 saturated heterocycles. The number of hydrogen-bond donors (Lipinski definition) is 0. The van der Waals surface area contributed by atoms with Crippen molar-refractivity contribution in [3.05, 3.63) is 59.4 Å². The van der Waals surface area contributed by atoms with E-state index < -0.39 is 0 Å². The zero-order chi connectivity index (χ0) is 20.3. The maximum atomic E-state index is 5.72. The van der Waals surface area contributed by atoms with Crippen LogP contribution in [0.5, 0.6) is 5.75 Å². The van der Waals surface area contributed by atoms with Crippen LogP contribution < -0.4 is 4.74 Å². The summed E-state index contributed by atoms with van der Waals surface area (Å²) in [7, 11) is 0.